The largest absolute Gasteiger partial charge is 0.490 e. The van der Waals surface area contributed by atoms with Crippen molar-refractivity contribution in [1.82, 2.24) is 0 Å². The van der Waals surface area contributed by atoms with Crippen molar-refractivity contribution in [2.45, 2.75) is 32.9 Å². The third kappa shape index (κ3) is 3.37. The van der Waals surface area contributed by atoms with Gasteiger partial charge in [-0.25, -0.2) is 4.79 Å². The van der Waals surface area contributed by atoms with Gasteiger partial charge in [-0.15, -0.1) is 0 Å². The van der Waals surface area contributed by atoms with E-state index in [1.54, 1.807) is 19.1 Å². The van der Waals surface area contributed by atoms with E-state index in [4.69, 9.17) is 20.3 Å². The van der Waals surface area contributed by atoms with Gasteiger partial charge in [-0.2, -0.15) is 0 Å². The molecule has 0 fully saturated rings. The third-order valence-electron chi connectivity index (χ3n) is 2.49. The zero-order valence-corrected chi connectivity index (χ0v) is 10.7. The Labute approximate surface area is 107 Å². The average Bonchev–Trinajstić information content (AvgIpc) is 2.36. The topological polar surface area (TPSA) is 81.8 Å². The molecule has 0 radical (unpaired) electrons. The monoisotopic (exact) mass is 253 g/mol. The number of aliphatic carboxylic acids is 1. The van der Waals surface area contributed by atoms with Gasteiger partial charge >= 0.3 is 5.97 Å². The Bertz CT molecular complexity index is 406. The summed E-state index contributed by atoms with van der Waals surface area (Å²) in [5.74, 6) is -0.0389. The Kier molecular flexibility index (Phi) is 5.45. The van der Waals surface area contributed by atoms with E-state index in [1.807, 2.05) is 13.0 Å². The maximum atomic E-state index is 11.0. The predicted molar refractivity (Wildman–Crippen MR) is 67.8 cm³/mol. The van der Waals surface area contributed by atoms with Crippen molar-refractivity contribution >= 4 is 5.97 Å². The highest BCUT2D eigenvalue weighted by Gasteiger charge is 2.20. The van der Waals surface area contributed by atoms with Gasteiger partial charge < -0.3 is 20.3 Å². The summed E-state index contributed by atoms with van der Waals surface area (Å²) in [6, 6.07) is 5.35. The SMILES string of the molecule is CCOc1cccc(CN)c1OC(CC)C(=O)O. The molecule has 1 rings (SSSR count). The third-order valence-corrected chi connectivity index (χ3v) is 2.49. The van der Waals surface area contributed by atoms with Gasteiger partial charge in [0.25, 0.3) is 0 Å². The Morgan fingerprint density at radius 1 is 1.44 bits per heavy atom. The van der Waals surface area contributed by atoms with Crippen molar-refractivity contribution < 1.29 is 19.4 Å². The molecule has 5 heteroatoms. The highest BCUT2D eigenvalue weighted by molar-refractivity contribution is 5.73. The van der Waals surface area contributed by atoms with E-state index >= 15 is 0 Å². The van der Waals surface area contributed by atoms with Gasteiger partial charge in [0.15, 0.2) is 17.6 Å². The summed E-state index contributed by atoms with van der Waals surface area (Å²) in [5, 5.41) is 9.02. The number of carboxylic acid groups (broad SMARTS) is 1. The molecule has 0 aliphatic heterocycles. The first kappa shape index (κ1) is 14.3. The lowest BCUT2D eigenvalue weighted by Crippen LogP contribution is -2.26. The zero-order chi connectivity index (χ0) is 13.5. The van der Waals surface area contributed by atoms with Gasteiger partial charge in [0, 0.05) is 12.1 Å². The van der Waals surface area contributed by atoms with E-state index in [0.29, 0.717) is 24.5 Å². The molecule has 0 saturated carbocycles. The minimum atomic E-state index is -0.994. The molecule has 0 bridgehead atoms. The first-order valence-corrected chi connectivity index (χ1v) is 5.98. The van der Waals surface area contributed by atoms with Crippen molar-refractivity contribution in [3.05, 3.63) is 23.8 Å². The molecule has 1 atom stereocenters. The summed E-state index contributed by atoms with van der Waals surface area (Å²) >= 11 is 0. The lowest BCUT2D eigenvalue weighted by Gasteiger charge is -2.18. The number of nitrogens with two attached hydrogens (primary N) is 1. The van der Waals surface area contributed by atoms with Gasteiger partial charge in [0.2, 0.25) is 0 Å². The fourth-order valence-corrected chi connectivity index (χ4v) is 1.58. The maximum Gasteiger partial charge on any atom is 0.344 e. The number of carboxylic acids is 1. The van der Waals surface area contributed by atoms with Crippen LogP contribution >= 0.6 is 0 Å². The van der Waals surface area contributed by atoms with Crippen LogP contribution in [0.2, 0.25) is 0 Å². The van der Waals surface area contributed by atoms with Crippen molar-refractivity contribution in [2.24, 2.45) is 5.73 Å². The van der Waals surface area contributed by atoms with Crippen molar-refractivity contribution in [3.8, 4) is 11.5 Å². The van der Waals surface area contributed by atoms with Crippen LogP contribution in [0, 0.1) is 0 Å². The van der Waals surface area contributed by atoms with Crippen LogP contribution in [0.5, 0.6) is 11.5 Å². The van der Waals surface area contributed by atoms with Crippen LogP contribution in [0.1, 0.15) is 25.8 Å². The smallest absolute Gasteiger partial charge is 0.344 e. The molecule has 0 aromatic heterocycles. The number of para-hydroxylation sites is 1. The second-order valence-corrected chi connectivity index (χ2v) is 3.73. The molecule has 0 spiro atoms. The lowest BCUT2D eigenvalue weighted by atomic mass is 10.1. The quantitative estimate of drug-likeness (QED) is 0.774. The average molecular weight is 253 g/mol. The molecule has 0 amide bonds. The van der Waals surface area contributed by atoms with Crippen LogP contribution < -0.4 is 15.2 Å². The molecule has 5 nitrogen and oxygen atoms in total. The van der Waals surface area contributed by atoms with Crippen LogP contribution in [0.4, 0.5) is 0 Å². The molecule has 1 aromatic carbocycles. The highest BCUT2D eigenvalue weighted by Crippen LogP contribution is 2.32. The van der Waals surface area contributed by atoms with E-state index in [-0.39, 0.29) is 6.54 Å². The molecular weight excluding hydrogens is 234 g/mol. The number of hydrogen-bond acceptors (Lipinski definition) is 4. The van der Waals surface area contributed by atoms with Crippen molar-refractivity contribution in [1.29, 1.82) is 0 Å². The highest BCUT2D eigenvalue weighted by atomic mass is 16.5. The van der Waals surface area contributed by atoms with E-state index < -0.39 is 12.1 Å². The number of carbonyl (C=O) groups is 1. The Morgan fingerprint density at radius 2 is 2.17 bits per heavy atom. The minimum Gasteiger partial charge on any atom is -0.490 e. The summed E-state index contributed by atoms with van der Waals surface area (Å²) in [5.41, 5.74) is 6.36. The van der Waals surface area contributed by atoms with Gasteiger partial charge in [0.05, 0.1) is 6.61 Å². The van der Waals surface area contributed by atoms with E-state index in [9.17, 15) is 4.79 Å². The van der Waals surface area contributed by atoms with Crippen LogP contribution in [0.15, 0.2) is 18.2 Å². The zero-order valence-electron chi connectivity index (χ0n) is 10.7. The van der Waals surface area contributed by atoms with Crippen molar-refractivity contribution in [2.75, 3.05) is 6.61 Å². The van der Waals surface area contributed by atoms with E-state index in [1.165, 1.54) is 0 Å². The first-order valence-electron chi connectivity index (χ1n) is 5.98. The molecule has 3 N–H and O–H groups in total. The summed E-state index contributed by atoms with van der Waals surface area (Å²) in [7, 11) is 0. The molecule has 100 valence electrons. The van der Waals surface area contributed by atoms with E-state index in [0.717, 1.165) is 5.56 Å². The number of rotatable bonds is 7. The Morgan fingerprint density at radius 3 is 2.67 bits per heavy atom. The molecule has 0 saturated heterocycles. The Hall–Kier alpha value is -1.75. The molecule has 0 aliphatic carbocycles. The first-order chi connectivity index (χ1) is 8.63. The second kappa shape index (κ2) is 6.86. The summed E-state index contributed by atoms with van der Waals surface area (Å²) in [6.45, 7) is 4.36. The van der Waals surface area contributed by atoms with Gasteiger partial charge in [0.1, 0.15) is 0 Å². The predicted octanol–water partition coefficient (Wildman–Crippen LogP) is 1.79. The lowest BCUT2D eigenvalue weighted by molar-refractivity contribution is -0.145. The number of hydrogen-bond donors (Lipinski definition) is 2. The second-order valence-electron chi connectivity index (χ2n) is 3.73. The maximum absolute atomic E-state index is 11.0. The minimum absolute atomic E-state index is 0.270. The Balaban J connectivity index is 3.06. The molecule has 0 aliphatic rings. The normalized spacial score (nSPS) is 11.9. The molecular formula is C13H19NO4. The fraction of sp³-hybridized carbons (Fsp3) is 0.462. The molecule has 1 unspecified atom stereocenters. The fourth-order valence-electron chi connectivity index (χ4n) is 1.58. The number of ether oxygens (including phenoxy) is 2. The van der Waals surface area contributed by atoms with Gasteiger partial charge in [-0.1, -0.05) is 19.1 Å². The molecule has 18 heavy (non-hydrogen) atoms. The molecule has 0 heterocycles. The van der Waals surface area contributed by atoms with Crippen LogP contribution in [0.3, 0.4) is 0 Å². The summed E-state index contributed by atoms with van der Waals surface area (Å²) < 4.78 is 11.0. The van der Waals surface area contributed by atoms with Crippen LogP contribution in [-0.2, 0) is 11.3 Å². The van der Waals surface area contributed by atoms with E-state index in [2.05, 4.69) is 0 Å². The summed E-state index contributed by atoms with van der Waals surface area (Å²) in [4.78, 5) is 11.0. The van der Waals surface area contributed by atoms with Crippen LogP contribution in [0.25, 0.3) is 0 Å². The molecule has 1 aromatic rings. The van der Waals surface area contributed by atoms with Crippen molar-refractivity contribution in [3.63, 3.8) is 0 Å². The summed E-state index contributed by atoms with van der Waals surface area (Å²) in [6.07, 6.45) is -0.517. The number of benzene rings is 1. The van der Waals surface area contributed by atoms with Gasteiger partial charge in [-0.05, 0) is 19.4 Å². The standard InChI is InChI=1S/C13H19NO4/c1-3-10(13(15)16)18-12-9(8-14)6-5-7-11(12)17-4-2/h5-7,10H,3-4,8,14H2,1-2H3,(H,15,16). The van der Waals surface area contributed by atoms with Gasteiger partial charge in [-0.3, -0.25) is 0 Å². The van der Waals surface area contributed by atoms with Crippen LogP contribution in [-0.4, -0.2) is 23.8 Å².